The Morgan fingerprint density at radius 1 is 0.960 bits per heavy atom. The molecular formula is C21H29N2O2+. The molecule has 0 unspecified atom stereocenters. The van der Waals surface area contributed by atoms with E-state index in [2.05, 4.69) is 15.8 Å². The highest BCUT2D eigenvalue weighted by atomic mass is 16.5. The van der Waals surface area contributed by atoms with E-state index in [1.54, 1.807) is 14.2 Å². The third kappa shape index (κ3) is 2.37. The molecule has 0 atom stereocenters. The van der Waals surface area contributed by atoms with E-state index in [0.717, 1.165) is 48.0 Å². The molecule has 6 rings (SSSR count). The van der Waals surface area contributed by atoms with E-state index in [1.807, 2.05) is 18.2 Å². The van der Waals surface area contributed by atoms with Crippen LogP contribution >= 0.6 is 0 Å². The van der Waals surface area contributed by atoms with Crippen molar-refractivity contribution >= 4 is 12.0 Å². The van der Waals surface area contributed by atoms with Crippen LogP contribution in [0.4, 0.5) is 5.69 Å². The molecule has 4 heteroatoms. The van der Waals surface area contributed by atoms with Crippen LogP contribution in [-0.4, -0.2) is 43.8 Å². The molecular weight excluding hydrogens is 312 g/mol. The monoisotopic (exact) mass is 341 g/mol. The molecule has 0 radical (unpaired) electrons. The minimum absolute atomic E-state index is 0.429. The van der Waals surface area contributed by atoms with Crippen molar-refractivity contribution in [1.29, 1.82) is 0 Å². The van der Waals surface area contributed by atoms with Crippen LogP contribution in [0.5, 0.6) is 11.5 Å². The quantitative estimate of drug-likeness (QED) is 0.783. The Bertz CT molecular complexity index is 654. The lowest BCUT2D eigenvalue weighted by Crippen LogP contribution is -2.56. The van der Waals surface area contributed by atoms with Gasteiger partial charge in [-0.15, -0.1) is 0 Å². The summed E-state index contributed by atoms with van der Waals surface area (Å²) in [7, 11) is 3.48. The van der Waals surface area contributed by atoms with Gasteiger partial charge in [-0.3, -0.25) is 4.58 Å². The second-order valence-electron chi connectivity index (χ2n) is 8.66. The van der Waals surface area contributed by atoms with Gasteiger partial charge in [-0.1, -0.05) is 6.07 Å². The fourth-order valence-electron chi connectivity index (χ4n) is 6.56. The average Bonchev–Trinajstić information content (AvgIpc) is 3.10. The maximum atomic E-state index is 5.62. The lowest BCUT2D eigenvalue weighted by molar-refractivity contribution is -0.614. The van der Waals surface area contributed by atoms with Crippen molar-refractivity contribution in [2.45, 2.75) is 44.1 Å². The van der Waals surface area contributed by atoms with Gasteiger partial charge in [0, 0.05) is 0 Å². The molecule has 25 heavy (non-hydrogen) atoms. The molecule has 1 aromatic carbocycles. The molecule has 0 N–H and O–H groups in total. The van der Waals surface area contributed by atoms with E-state index >= 15 is 0 Å². The summed E-state index contributed by atoms with van der Waals surface area (Å²) >= 11 is 0. The van der Waals surface area contributed by atoms with Crippen molar-refractivity contribution in [2.75, 3.05) is 32.2 Å². The van der Waals surface area contributed by atoms with Crippen molar-refractivity contribution in [3.05, 3.63) is 18.2 Å². The van der Waals surface area contributed by atoms with Gasteiger partial charge in [0.2, 0.25) is 12.0 Å². The summed E-state index contributed by atoms with van der Waals surface area (Å²) in [4.78, 5) is 2.34. The van der Waals surface area contributed by atoms with Crippen LogP contribution in [0.2, 0.25) is 0 Å². The van der Waals surface area contributed by atoms with E-state index in [4.69, 9.17) is 9.47 Å². The predicted molar refractivity (Wildman–Crippen MR) is 99.0 cm³/mol. The summed E-state index contributed by atoms with van der Waals surface area (Å²) in [6, 6.07) is 6.05. The molecule has 4 bridgehead atoms. The number of anilines is 1. The molecule has 1 heterocycles. The lowest BCUT2D eigenvalue weighted by atomic mass is 9.53. The van der Waals surface area contributed by atoms with Gasteiger partial charge < -0.3 is 9.47 Å². The van der Waals surface area contributed by atoms with Crippen LogP contribution < -0.4 is 14.4 Å². The minimum atomic E-state index is 0.429. The number of hydrogen-bond acceptors (Lipinski definition) is 3. The van der Waals surface area contributed by atoms with Gasteiger partial charge >= 0.3 is 0 Å². The number of rotatable bonds is 4. The highest BCUT2D eigenvalue weighted by Gasteiger charge is 2.55. The van der Waals surface area contributed by atoms with Crippen LogP contribution in [-0.2, 0) is 0 Å². The topological polar surface area (TPSA) is 24.7 Å². The maximum absolute atomic E-state index is 5.62. The van der Waals surface area contributed by atoms with E-state index in [9.17, 15) is 0 Å². The SMILES string of the molecule is COc1cccc(OC)c1N1C=[N+](C23CC4CC(CC(C4)C2)C3)CC1. The van der Waals surface area contributed by atoms with Crippen LogP contribution in [0.25, 0.3) is 0 Å². The Kier molecular flexibility index (Phi) is 3.51. The van der Waals surface area contributed by atoms with Crippen molar-refractivity contribution in [3.8, 4) is 11.5 Å². The first-order valence-corrected chi connectivity index (χ1v) is 9.80. The van der Waals surface area contributed by atoms with Crippen molar-refractivity contribution in [1.82, 2.24) is 0 Å². The number of hydrogen-bond donors (Lipinski definition) is 0. The summed E-state index contributed by atoms with van der Waals surface area (Å²) in [6.45, 7) is 2.13. The van der Waals surface area contributed by atoms with Crippen molar-refractivity contribution < 1.29 is 14.0 Å². The Balaban J connectivity index is 1.49. The third-order valence-corrected chi connectivity index (χ3v) is 7.16. The summed E-state index contributed by atoms with van der Waals surface area (Å²) in [5, 5.41) is 0. The second-order valence-corrected chi connectivity index (χ2v) is 8.66. The fourth-order valence-corrected chi connectivity index (χ4v) is 6.56. The van der Waals surface area contributed by atoms with Gasteiger partial charge in [0.25, 0.3) is 0 Å². The van der Waals surface area contributed by atoms with Crippen molar-refractivity contribution in [2.24, 2.45) is 17.8 Å². The Labute approximate surface area is 150 Å². The third-order valence-electron chi connectivity index (χ3n) is 7.16. The molecule has 4 aliphatic carbocycles. The van der Waals surface area contributed by atoms with E-state index in [0.29, 0.717) is 5.54 Å². The average molecular weight is 341 g/mol. The van der Waals surface area contributed by atoms with Gasteiger partial charge in [0.15, 0.2) is 11.5 Å². The molecule has 0 amide bonds. The largest absolute Gasteiger partial charge is 0.492 e. The molecule has 0 aromatic heterocycles. The summed E-state index contributed by atoms with van der Waals surface area (Å²) in [6.07, 6.45) is 11.1. The van der Waals surface area contributed by atoms with Gasteiger partial charge in [-0.2, -0.15) is 0 Å². The smallest absolute Gasteiger partial charge is 0.240 e. The number of nitrogens with zero attached hydrogens (tertiary/aromatic N) is 2. The molecule has 4 saturated carbocycles. The summed E-state index contributed by atoms with van der Waals surface area (Å²) in [5.74, 6) is 4.73. The fraction of sp³-hybridized carbons (Fsp3) is 0.667. The molecule has 0 saturated heterocycles. The Morgan fingerprint density at radius 2 is 1.52 bits per heavy atom. The maximum Gasteiger partial charge on any atom is 0.240 e. The van der Waals surface area contributed by atoms with Crippen LogP contribution in [0, 0.1) is 17.8 Å². The zero-order chi connectivity index (χ0) is 17.0. The molecule has 134 valence electrons. The van der Waals surface area contributed by atoms with E-state index in [1.165, 1.54) is 38.5 Å². The normalized spacial score (nSPS) is 35.8. The number of benzene rings is 1. The molecule has 4 nitrogen and oxygen atoms in total. The van der Waals surface area contributed by atoms with Crippen LogP contribution in [0.3, 0.4) is 0 Å². The highest BCUT2D eigenvalue weighted by Crippen LogP contribution is 2.57. The Hall–Kier alpha value is -1.71. The van der Waals surface area contributed by atoms with E-state index < -0.39 is 0 Å². The molecule has 1 aromatic rings. The second kappa shape index (κ2) is 5.65. The molecule has 5 aliphatic rings. The molecule has 4 fully saturated rings. The first-order valence-electron chi connectivity index (χ1n) is 9.80. The van der Waals surface area contributed by atoms with Crippen LogP contribution in [0.15, 0.2) is 18.2 Å². The van der Waals surface area contributed by atoms with Crippen molar-refractivity contribution in [3.63, 3.8) is 0 Å². The standard InChI is InChI=1S/C21H29N2O2/c1-24-18-4-3-5-19(25-2)20(18)22-6-7-23(14-22)21-11-15-8-16(12-21)10-17(9-15)13-21/h3-5,14-17H,6-13H2,1-2H3/q+1. The number of methoxy groups -OCH3 is 2. The van der Waals surface area contributed by atoms with Gasteiger partial charge in [-0.25, -0.2) is 4.90 Å². The van der Waals surface area contributed by atoms with E-state index in [-0.39, 0.29) is 0 Å². The number of para-hydroxylation sites is 1. The first-order chi connectivity index (χ1) is 12.2. The highest BCUT2D eigenvalue weighted by molar-refractivity contribution is 5.84. The molecule has 0 spiro atoms. The zero-order valence-corrected chi connectivity index (χ0v) is 15.4. The summed E-state index contributed by atoms with van der Waals surface area (Å²) < 4.78 is 13.9. The Morgan fingerprint density at radius 3 is 2.04 bits per heavy atom. The zero-order valence-electron chi connectivity index (χ0n) is 15.4. The van der Waals surface area contributed by atoms with Crippen LogP contribution in [0.1, 0.15) is 38.5 Å². The summed E-state index contributed by atoms with van der Waals surface area (Å²) in [5.41, 5.74) is 1.50. The number of ether oxygens (including phenoxy) is 2. The lowest BCUT2D eigenvalue weighted by Gasteiger charge is -2.55. The molecule has 1 aliphatic heterocycles. The predicted octanol–water partition coefficient (Wildman–Crippen LogP) is 3.53. The van der Waals surface area contributed by atoms with Gasteiger partial charge in [0.1, 0.15) is 18.6 Å². The van der Waals surface area contributed by atoms with Gasteiger partial charge in [-0.05, 0) is 68.4 Å². The first kappa shape index (κ1) is 15.5. The van der Waals surface area contributed by atoms with Gasteiger partial charge in [0.05, 0.1) is 14.2 Å². The minimum Gasteiger partial charge on any atom is -0.492 e.